The van der Waals surface area contributed by atoms with Crippen LogP contribution in [-0.4, -0.2) is 46.8 Å². The van der Waals surface area contributed by atoms with Crippen molar-refractivity contribution >= 4 is 29.9 Å². The molecular weight excluding hydrogens is 511 g/mol. The molecule has 6 nitrogen and oxygen atoms in total. The summed E-state index contributed by atoms with van der Waals surface area (Å²) >= 11 is 0. The Morgan fingerprint density at radius 1 is 0.938 bits per heavy atom. The van der Waals surface area contributed by atoms with Crippen molar-refractivity contribution in [3.8, 4) is 0 Å². The zero-order valence-corrected chi connectivity index (χ0v) is 21.0. The van der Waals surface area contributed by atoms with Crippen molar-refractivity contribution < 1.29 is 0 Å². The summed E-state index contributed by atoms with van der Waals surface area (Å²) in [5, 5.41) is 11.5. The summed E-state index contributed by atoms with van der Waals surface area (Å²) in [6.07, 6.45) is 6.27. The first-order chi connectivity index (χ1) is 15.3. The number of rotatable bonds is 7. The number of hydrogen-bond acceptors (Lipinski definition) is 3. The molecule has 4 rings (SSSR count). The molecular formula is C25H33IN6. The first-order valence-electron chi connectivity index (χ1n) is 11.1. The second kappa shape index (κ2) is 12.6. The van der Waals surface area contributed by atoms with Gasteiger partial charge in [0.15, 0.2) is 5.96 Å². The third-order valence-corrected chi connectivity index (χ3v) is 5.74. The SMILES string of the molecule is CN=C(NCc1cnn(Cc2ccccc2)c1)NC1CCN(Cc2ccccc2)CC1.I. The van der Waals surface area contributed by atoms with Crippen molar-refractivity contribution in [3.05, 3.63) is 89.7 Å². The fourth-order valence-electron chi connectivity index (χ4n) is 4.01. The van der Waals surface area contributed by atoms with Crippen LogP contribution >= 0.6 is 24.0 Å². The quantitative estimate of drug-likeness (QED) is 0.270. The summed E-state index contributed by atoms with van der Waals surface area (Å²) in [6, 6.07) is 21.6. The maximum atomic E-state index is 4.48. The summed E-state index contributed by atoms with van der Waals surface area (Å²) in [5.74, 6) is 0.859. The third-order valence-electron chi connectivity index (χ3n) is 5.74. The average Bonchev–Trinajstić information content (AvgIpc) is 3.26. The van der Waals surface area contributed by atoms with Crippen molar-refractivity contribution in [1.82, 2.24) is 25.3 Å². The van der Waals surface area contributed by atoms with E-state index in [9.17, 15) is 0 Å². The molecule has 0 radical (unpaired) electrons. The maximum absolute atomic E-state index is 4.48. The Hall–Kier alpha value is -2.39. The van der Waals surface area contributed by atoms with Gasteiger partial charge in [-0.1, -0.05) is 60.7 Å². The molecule has 0 aliphatic carbocycles. The van der Waals surface area contributed by atoms with Crippen LogP contribution in [0.3, 0.4) is 0 Å². The van der Waals surface area contributed by atoms with Gasteiger partial charge in [-0.15, -0.1) is 24.0 Å². The number of hydrogen-bond donors (Lipinski definition) is 2. The smallest absolute Gasteiger partial charge is 0.191 e. The molecule has 2 heterocycles. The highest BCUT2D eigenvalue weighted by molar-refractivity contribution is 14.0. The summed E-state index contributed by atoms with van der Waals surface area (Å²) in [7, 11) is 1.83. The molecule has 1 aromatic heterocycles. The van der Waals surface area contributed by atoms with E-state index in [0.29, 0.717) is 12.6 Å². The lowest BCUT2D eigenvalue weighted by molar-refractivity contribution is 0.198. The Bertz CT molecular complexity index is 949. The molecule has 2 N–H and O–H groups in total. The van der Waals surface area contributed by atoms with Gasteiger partial charge >= 0.3 is 0 Å². The number of likely N-dealkylation sites (tertiary alicyclic amines) is 1. The molecule has 0 amide bonds. The minimum atomic E-state index is 0. The lowest BCUT2D eigenvalue weighted by Crippen LogP contribution is -2.48. The van der Waals surface area contributed by atoms with E-state index in [0.717, 1.165) is 50.5 Å². The molecule has 3 aromatic rings. The average molecular weight is 544 g/mol. The lowest BCUT2D eigenvalue weighted by atomic mass is 10.0. The number of benzene rings is 2. The van der Waals surface area contributed by atoms with Gasteiger partial charge in [0.2, 0.25) is 0 Å². The fraction of sp³-hybridized carbons (Fsp3) is 0.360. The number of aromatic nitrogens is 2. The number of aliphatic imine (C=N–C) groups is 1. The molecule has 0 spiro atoms. The van der Waals surface area contributed by atoms with Crippen LogP contribution in [0.2, 0.25) is 0 Å². The van der Waals surface area contributed by atoms with E-state index < -0.39 is 0 Å². The van der Waals surface area contributed by atoms with Crippen LogP contribution in [0, 0.1) is 0 Å². The minimum absolute atomic E-state index is 0. The van der Waals surface area contributed by atoms with Crippen LogP contribution in [-0.2, 0) is 19.6 Å². The van der Waals surface area contributed by atoms with Gasteiger partial charge in [0.25, 0.3) is 0 Å². The van der Waals surface area contributed by atoms with Crippen LogP contribution in [0.15, 0.2) is 78.0 Å². The van der Waals surface area contributed by atoms with Gasteiger partial charge in [-0.2, -0.15) is 5.10 Å². The molecule has 0 saturated carbocycles. The highest BCUT2D eigenvalue weighted by atomic mass is 127. The maximum Gasteiger partial charge on any atom is 0.191 e. The minimum Gasteiger partial charge on any atom is -0.354 e. The Kier molecular flexibility index (Phi) is 9.55. The second-order valence-corrected chi connectivity index (χ2v) is 8.14. The number of guanidine groups is 1. The topological polar surface area (TPSA) is 57.5 Å². The van der Waals surface area contributed by atoms with Crippen LogP contribution in [0.4, 0.5) is 0 Å². The first kappa shape index (κ1) is 24.3. The van der Waals surface area contributed by atoms with Crippen molar-refractivity contribution in [3.63, 3.8) is 0 Å². The van der Waals surface area contributed by atoms with E-state index in [2.05, 4.69) is 86.4 Å². The molecule has 2 aromatic carbocycles. The Morgan fingerprint density at radius 2 is 1.56 bits per heavy atom. The first-order valence-corrected chi connectivity index (χ1v) is 11.1. The van der Waals surface area contributed by atoms with Gasteiger partial charge < -0.3 is 10.6 Å². The normalized spacial score (nSPS) is 15.2. The highest BCUT2D eigenvalue weighted by Gasteiger charge is 2.20. The summed E-state index contributed by atoms with van der Waals surface area (Å²) in [4.78, 5) is 6.94. The fourth-order valence-corrected chi connectivity index (χ4v) is 4.01. The van der Waals surface area contributed by atoms with E-state index in [4.69, 9.17) is 0 Å². The summed E-state index contributed by atoms with van der Waals surface area (Å²) in [5.41, 5.74) is 3.79. The molecule has 0 bridgehead atoms. The number of nitrogens with zero attached hydrogens (tertiary/aromatic N) is 4. The Balaban J connectivity index is 0.00000289. The standard InChI is InChI=1S/C25H32N6.HI/c1-26-25(27-16-23-17-28-31(20-23)19-22-10-6-3-7-11-22)29-24-12-14-30(15-13-24)18-21-8-4-2-5-9-21;/h2-11,17,20,24H,12-16,18-19H2,1H3,(H2,26,27,29);1H. The van der Waals surface area contributed by atoms with Gasteiger partial charge in [0, 0.05) is 51.0 Å². The Labute approximate surface area is 208 Å². The largest absolute Gasteiger partial charge is 0.354 e. The van der Waals surface area contributed by atoms with Gasteiger partial charge in [0.05, 0.1) is 12.7 Å². The van der Waals surface area contributed by atoms with Gasteiger partial charge in [-0.05, 0) is 24.0 Å². The third kappa shape index (κ3) is 7.34. The molecule has 1 aliphatic heterocycles. The molecule has 0 atom stereocenters. The van der Waals surface area contributed by atoms with E-state index >= 15 is 0 Å². The van der Waals surface area contributed by atoms with E-state index in [1.807, 2.05) is 24.0 Å². The zero-order valence-electron chi connectivity index (χ0n) is 18.7. The highest BCUT2D eigenvalue weighted by Crippen LogP contribution is 2.14. The summed E-state index contributed by atoms with van der Waals surface area (Å²) < 4.78 is 1.98. The van der Waals surface area contributed by atoms with E-state index in [1.165, 1.54) is 11.1 Å². The van der Waals surface area contributed by atoms with Crippen LogP contribution in [0.25, 0.3) is 0 Å². The Morgan fingerprint density at radius 3 is 2.19 bits per heavy atom. The van der Waals surface area contributed by atoms with E-state index in [-0.39, 0.29) is 24.0 Å². The predicted molar refractivity (Wildman–Crippen MR) is 141 cm³/mol. The summed E-state index contributed by atoms with van der Waals surface area (Å²) in [6.45, 7) is 4.75. The lowest BCUT2D eigenvalue weighted by Gasteiger charge is -2.33. The van der Waals surface area contributed by atoms with Crippen LogP contribution in [0.5, 0.6) is 0 Å². The van der Waals surface area contributed by atoms with Gasteiger partial charge in [-0.3, -0.25) is 14.6 Å². The monoisotopic (exact) mass is 544 g/mol. The van der Waals surface area contributed by atoms with Crippen molar-refractivity contribution in [2.75, 3.05) is 20.1 Å². The van der Waals surface area contributed by atoms with Crippen LogP contribution < -0.4 is 10.6 Å². The number of nitrogens with one attached hydrogen (secondary N) is 2. The number of halogens is 1. The molecule has 7 heteroatoms. The molecule has 1 fully saturated rings. The van der Waals surface area contributed by atoms with Gasteiger partial charge in [0.1, 0.15) is 0 Å². The predicted octanol–water partition coefficient (Wildman–Crippen LogP) is 3.88. The van der Waals surface area contributed by atoms with Crippen molar-refractivity contribution in [1.29, 1.82) is 0 Å². The second-order valence-electron chi connectivity index (χ2n) is 8.14. The molecule has 170 valence electrons. The van der Waals surface area contributed by atoms with Crippen molar-refractivity contribution in [2.24, 2.45) is 4.99 Å². The molecule has 32 heavy (non-hydrogen) atoms. The molecule has 1 aliphatic rings. The molecule has 0 unspecified atom stereocenters. The van der Waals surface area contributed by atoms with E-state index in [1.54, 1.807) is 0 Å². The zero-order chi connectivity index (χ0) is 21.3. The van der Waals surface area contributed by atoms with Crippen LogP contribution in [0.1, 0.15) is 29.5 Å². The van der Waals surface area contributed by atoms with Gasteiger partial charge in [-0.25, -0.2) is 0 Å². The van der Waals surface area contributed by atoms with Crippen molar-refractivity contribution in [2.45, 2.75) is 38.5 Å². The molecule has 1 saturated heterocycles. The number of piperidine rings is 1.